The van der Waals surface area contributed by atoms with E-state index in [2.05, 4.69) is 4.98 Å². The van der Waals surface area contributed by atoms with Gasteiger partial charge in [-0.2, -0.15) is 0 Å². The number of aromatic nitrogens is 1. The number of hydrogen-bond donors (Lipinski definition) is 1. The third-order valence-corrected chi connectivity index (χ3v) is 4.97. The van der Waals surface area contributed by atoms with Gasteiger partial charge in [-0.05, 0) is 55.7 Å². The van der Waals surface area contributed by atoms with Crippen LogP contribution in [0.15, 0.2) is 36.4 Å². The van der Waals surface area contributed by atoms with E-state index >= 15 is 0 Å². The first kappa shape index (κ1) is 17.3. The molecule has 0 spiro atoms. The smallest absolute Gasteiger partial charge is 0.335 e. The highest BCUT2D eigenvalue weighted by atomic mass is 16.5. The number of anilines is 2. The Kier molecular flexibility index (Phi) is 4.66. The van der Waals surface area contributed by atoms with Crippen molar-refractivity contribution in [3.8, 4) is 5.88 Å². The molecule has 2 aromatic rings. The van der Waals surface area contributed by atoms with Crippen molar-refractivity contribution in [1.82, 2.24) is 9.88 Å². The molecule has 0 saturated carbocycles. The van der Waals surface area contributed by atoms with Crippen LogP contribution in [-0.2, 0) is 0 Å². The van der Waals surface area contributed by atoms with E-state index in [-0.39, 0.29) is 11.5 Å². The van der Waals surface area contributed by atoms with Gasteiger partial charge in [0.05, 0.1) is 12.1 Å². The first-order valence-corrected chi connectivity index (χ1v) is 9.17. The number of nitrogens with zero attached hydrogens (tertiary/aromatic N) is 3. The molecule has 1 N–H and O–H groups in total. The second-order valence-electron chi connectivity index (χ2n) is 6.73. The molecule has 0 unspecified atom stereocenters. The molecule has 0 radical (unpaired) electrons. The van der Waals surface area contributed by atoms with Crippen molar-refractivity contribution in [3.05, 3.63) is 47.7 Å². The van der Waals surface area contributed by atoms with Crippen molar-refractivity contribution >= 4 is 23.3 Å². The van der Waals surface area contributed by atoms with E-state index < -0.39 is 5.97 Å². The molecular weight excluding hydrogens is 346 g/mol. The summed E-state index contributed by atoms with van der Waals surface area (Å²) < 4.78 is 5.70. The topological polar surface area (TPSA) is 83.0 Å². The number of aromatic carboxylic acids is 1. The largest absolute Gasteiger partial charge is 0.478 e. The molecule has 0 aliphatic carbocycles. The molecule has 140 valence electrons. The maximum absolute atomic E-state index is 12.7. The number of likely N-dealkylation sites (tertiary alicyclic amines) is 1. The van der Waals surface area contributed by atoms with E-state index in [4.69, 9.17) is 9.84 Å². The fourth-order valence-electron chi connectivity index (χ4n) is 3.53. The average Bonchev–Trinajstić information content (AvgIpc) is 2.73. The van der Waals surface area contributed by atoms with E-state index in [0.717, 1.165) is 37.3 Å². The Bertz CT molecular complexity index is 860. The van der Waals surface area contributed by atoms with Crippen molar-refractivity contribution in [2.24, 2.45) is 0 Å². The molecule has 1 aromatic heterocycles. The van der Waals surface area contributed by atoms with E-state index in [9.17, 15) is 9.59 Å². The molecule has 2 aliphatic rings. The van der Waals surface area contributed by atoms with E-state index in [1.807, 2.05) is 15.9 Å². The van der Waals surface area contributed by atoms with Gasteiger partial charge in [0.2, 0.25) is 5.88 Å². The first-order chi connectivity index (χ1) is 13.1. The third kappa shape index (κ3) is 3.45. The highest BCUT2D eigenvalue weighted by molar-refractivity contribution is 5.93. The molecule has 1 fully saturated rings. The van der Waals surface area contributed by atoms with Gasteiger partial charge in [-0.1, -0.05) is 0 Å². The normalized spacial score (nSPS) is 16.4. The lowest BCUT2D eigenvalue weighted by Crippen LogP contribution is -2.36. The number of carbonyl (C=O) groups is 2. The van der Waals surface area contributed by atoms with Gasteiger partial charge in [-0.3, -0.25) is 4.79 Å². The summed E-state index contributed by atoms with van der Waals surface area (Å²) in [6.45, 7) is 2.63. The molecule has 1 aromatic carbocycles. The zero-order valence-corrected chi connectivity index (χ0v) is 14.9. The van der Waals surface area contributed by atoms with Gasteiger partial charge in [-0.25, -0.2) is 9.78 Å². The summed E-state index contributed by atoms with van der Waals surface area (Å²) in [4.78, 5) is 32.0. The minimum Gasteiger partial charge on any atom is -0.478 e. The Morgan fingerprint density at radius 1 is 0.963 bits per heavy atom. The SMILES string of the molecule is O=C(O)c1ccc(N2CCOc3nc(C(=O)N4CCCCC4)ccc32)cc1. The maximum atomic E-state index is 12.7. The molecule has 7 nitrogen and oxygen atoms in total. The van der Waals surface area contributed by atoms with Gasteiger partial charge in [-0.15, -0.1) is 0 Å². The Morgan fingerprint density at radius 2 is 1.70 bits per heavy atom. The number of ether oxygens (including phenoxy) is 1. The fraction of sp³-hybridized carbons (Fsp3) is 0.350. The Labute approximate surface area is 157 Å². The summed E-state index contributed by atoms with van der Waals surface area (Å²) in [6.07, 6.45) is 3.24. The number of rotatable bonds is 3. The minimum absolute atomic E-state index is 0.0518. The van der Waals surface area contributed by atoms with E-state index in [1.54, 1.807) is 30.3 Å². The minimum atomic E-state index is -0.952. The van der Waals surface area contributed by atoms with Crippen molar-refractivity contribution in [2.45, 2.75) is 19.3 Å². The number of piperidine rings is 1. The molecule has 3 heterocycles. The van der Waals surface area contributed by atoms with Gasteiger partial charge in [0, 0.05) is 18.8 Å². The van der Waals surface area contributed by atoms with Crippen LogP contribution < -0.4 is 9.64 Å². The summed E-state index contributed by atoms with van der Waals surface area (Å²) in [6, 6.07) is 10.3. The van der Waals surface area contributed by atoms with Crippen LogP contribution in [0.25, 0.3) is 0 Å². The molecule has 0 atom stereocenters. The monoisotopic (exact) mass is 367 g/mol. The second-order valence-corrected chi connectivity index (χ2v) is 6.73. The highest BCUT2D eigenvalue weighted by Crippen LogP contribution is 2.35. The fourth-order valence-corrected chi connectivity index (χ4v) is 3.53. The molecule has 1 saturated heterocycles. The van der Waals surface area contributed by atoms with Gasteiger partial charge < -0.3 is 19.6 Å². The molecule has 27 heavy (non-hydrogen) atoms. The van der Waals surface area contributed by atoms with Crippen molar-refractivity contribution in [2.75, 3.05) is 31.1 Å². The number of carboxylic acid groups (broad SMARTS) is 1. The quantitative estimate of drug-likeness (QED) is 0.898. The van der Waals surface area contributed by atoms with Crippen molar-refractivity contribution in [3.63, 3.8) is 0 Å². The lowest BCUT2D eigenvalue weighted by atomic mass is 10.1. The predicted octanol–water partition coefficient (Wildman–Crippen LogP) is 2.94. The number of fused-ring (bicyclic) bond motifs is 1. The number of pyridine rings is 1. The van der Waals surface area contributed by atoms with Gasteiger partial charge >= 0.3 is 5.97 Å². The van der Waals surface area contributed by atoms with Gasteiger partial charge in [0.1, 0.15) is 18.0 Å². The van der Waals surface area contributed by atoms with Gasteiger partial charge in [0.15, 0.2) is 0 Å². The molecule has 7 heteroatoms. The van der Waals surface area contributed by atoms with E-state index in [0.29, 0.717) is 24.7 Å². The summed E-state index contributed by atoms with van der Waals surface area (Å²) >= 11 is 0. The predicted molar refractivity (Wildman–Crippen MR) is 99.9 cm³/mol. The van der Waals surface area contributed by atoms with Crippen molar-refractivity contribution in [1.29, 1.82) is 0 Å². The van der Waals surface area contributed by atoms with Crippen molar-refractivity contribution < 1.29 is 19.4 Å². The zero-order chi connectivity index (χ0) is 18.8. The summed E-state index contributed by atoms with van der Waals surface area (Å²) in [5, 5.41) is 9.05. The lowest BCUT2D eigenvalue weighted by molar-refractivity contribution is 0.0693. The van der Waals surface area contributed by atoms with Crippen LogP contribution in [0.1, 0.15) is 40.1 Å². The molecular formula is C20H21N3O4. The van der Waals surface area contributed by atoms with Crippen LogP contribution >= 0.6 is 0 Å². The molecule has 0 bridgehead atoms. The zero-order valence-electron chi connectivity index (χ0n) is 14.9. The highest BCUT2D eigenvalue weighted by Gasteiger charge is 2.25. The number of amides is 1. The Morgan fingerprint density at radius 3 is 2.41 bits per heavy atom. The van der Waals surface area contributed by atoms with Crippen LogP contribution in [0.4, 0.5) is 11.4 Å². The number of benzene rings is 1. The van der Waals surface area contributed by atoms with Crippen LogP contribution in [0.5, 0.6) is 5.88 Å². The summed E-state index contributed by atoms with van der Waals surface area (Å²) in [7, 11) is 0. The maximum Gasteiger partial charge on any atom is 0.335 e. The van der Waals surface area contributed by atoms with E-state index in [1.165, 1.54) is 6.42 Å². The number of hydrogen-bond acceptors (Lipinski definition) is 5. The molecule has 4 rings (SSSR count). The van der Waals surface area contributed by atoms with Crippen LogP contribution in [0.3, 0.4) is 0 Å². The summed E-state index contributed by atoms with van der Waals surface area (Å²) in [5.41, 5.74) is 2.28. The van der Waals surface area contributed by atoms with Gasteiger partial charge in [0.25, 0.3) is 5.91 Å². The first-order valence-electron chi connectivity index (χ1n) is 9.17. The number of carboxylic acids is 1. The lowest BCUT2D eigenvalue weighted by Gasteiger charge is -2.31. The van der Waals surface area contributed by atoms with Crippen LogP contribution in [0.2, 0.25) is 0 Å². The Balaban J connectivity index is 1.59. The standard InChI is InChI=1S/C20H21N3O4/c24-19(22-10-2-1-3-11-22)16-8-9-17-18(21-16)27-13-12-23(17)15-6-4-14(5-7-15)20(25)26/h4-9H,1-3,10-13H2,(H,25,26). The second kappa shape index (κ2) is 7.26. The Hall–Kier alpha value is -3.09. The van der Waals surface area contributed by atoms with Crippen LogP contribution in [0, 0.1) is 0 Å². The molecule has 1 amide bonds. The third-order valence-electron chi connectivity index (χ3n) is 4.97. The van der Waals surface area contributed by atoms with Crippen LogP contribution in [-0.4, -0.2) is 53.1 Å². The molecule has 2 aliphatic heterocycles. The average molecular weight is 367 g/mol. The summed E-state index contributed by atoms with van der Waals surface area (Å²) in [5.74, 6) is -0.568. The number of carbonyl (C=O) groups excluding carboxylic acids is 1.